The summed E-state index contributed by atoms with van der Waals surface area (Å²) in [5, 5.41) is 1.04. The minimum atomic E-state index is -3.13. The minimum absolute atomic E-state index is 0.0895. The average Bonchev–Trinajstić information content (AvgIpc) is 2.86. The van der Waals surface area contributed by atoms with E-state index in [1.165, 1.54) is 6.08 Å². The third-order valence-electron chi connectivity index (χ3n) is 6.28. The first-order chi connectivity index (χ1) is 16.7. The van der Waals surface area contributed by atoms with E-state index < -0.39 is 10.0 Å². The van der Waals surface area contributed by atoms with Gasteiger partial charge < -0.3 is 9.64 Å². The smallest absolute Gasteiger partial charge is 0.213 e. The standard InChI is InChI=1S/C26H32Cl2N2O4S/c1-3-35(32,33)29(2)23-13-16-30(17-14-23)15-4-18-34-24-10-6-21(7-11-24)26(31)12-8-20-5-9-22(27)19-25(20)28/h5-12,19,23H,3-4,13-18H2,1-2H3. The number of sulfonamides is 1. The molecule has 2 aromatic rings. The fourth-order valence-corrected chi connectivity index (χ4v) is 5.57. The van der Waals surface area contributed by atoms with E-state index in [2.05, 4.69) is 4.90 Å². The van der Waals surface area contributed by atoms with Gasteiger partial charge in [-0.05, 0) is 93.4 Å². The van der Waals surface area contributed by atoms with Gasteiger partial charge in [0.2, 0.25) is 10.0 Å². The van der Waals surface area contributed by atoms with Crippen LogP contribution < -0.4 is 4.74 Å². The number of benzene rings is 2. The summed E-state index contributed by atoms with van der Waals surface area (Å²) < 4.78 is 31.5. The van der Waals surface area contributed by atoms with Crippen molar-refractivity contribution in [2.75, 3.05) is 39.0 Å². The van der Waals surface area contributed by atoms with Crippen molar-refractivity contribution in [1.82, 2.24) is 9.21 Å². The Bertz CT molecular complexity index is 1130. The van der Waals surface area contributed by atoms with Crippen LogP contribution in [0.5, 0.6) is 5.75 Å². The number of hydrogen-bond donors (Lipinski definition) is 0. The van der Waals surface area contributed by atoms with E-state index in [1.807, 2.05) is 0 Å². The molecule has 0 N–H and O–H groups in total. The van der Waals surface area contributed by atoms with Crippen LogP contribution in [0.25, 0.3) is 6.08 Å². The molecule has 9 heteroatoms. The van der Waals surface area contributed by atoms with Gasteiger partial charge in [0.05, 0.1) is 12.4 Å². The highest BCUT2D eigenvalue weighted by Crippen LogP contribution is 2.23. The third-order valence-corrected chi connectivity index (χ3v) is 8.75. The largest absolute Gasteiger partial charge is 0.494 e. The molecule has 6 nitrogen and oxygen atoms in total. The molecule has 1 aliphatic rings. The summed E-state index contributed by atoms with van der Waals surface area (Å²) in [5.41, 5.74) is 1.29. The van der Waals surface area contributed by atoms with Crippen molar-refractivity contribution in [2.45, 2.75) is 32.2 Å². The molecule has 0 aliphatic carbocycles. The Hall–Kier alpha value is -1.90. The van der Waals surface area contributed by atoms with E-state index in [1.54, 1.807) is 66.8 Å². The minimum Gasteiger partial charge on any atom is -0.494 e. The van der Waals surface area contributed by atoms with Crippen molar-refractivity contribution in [3.8, 4) is 5.75 Å². The SMILES string of the molecule is CCS(=O)(=O)N(C)C1CCN(CCCOc2ccc(C(=O)C=Cc3ccc(Cl)cc3Cl)cc2)CC1. The van der Waals surface area contributed by atoms with Gasteiger partial charge in [0.15, 0.2) is 5.78 Å². The van der Waals surface area contributed by atoms with Gasteiger partial charge in [0, 0.05) is 35.2 Å². The first-order valence-corrected chi connectivity index (χ1v) is 14.1. The predicted octanol–water partition coefficient (Wildman–Crippen LogP) is 5.40. The zero-order valence-electron chi connectivity index (χ0n) is 20.1. The highest BCUT2D eigenvalue weighted by Gasteiger charge is 2.28. The number of ketones is 1. The fourth-order valence-electron chi connectivity index (χ4n) is 4.03. The van der Waals surface area contributed by atoms with Crippen molar-refractivity contribution in [1.29, 1.82) is 0 Å². The second-order valence-electron chi connectivity index (χ2n) is 8.58. The number of ether oxygens (including phenoxy) is 1. The van der Waals surface area contributed by atoms with E-state index in [0.29, 0.717) is 22.2 Å². The molecule has 0 aromatic heterocycles. The van der Waals surface area contributed by atoms with Gasteiger partial charge in [-0.25, -0.2) is 12.7 Å². The van der Waals surface area contributed by atoms with Crippen LogP contribution in [0.4, 0.5) is 0 Å². The van der Waals surface area contributed by atoms with Crippen molar-refractivity contribution in [3.05, 3.63) is 69.7 Å². The Kier molecular flexibility index (Phi) is 10.2. The van der Waals surface area contributed by atoms with Gasteiger partial charge in [-0.3, -0.25) is 4.79 Å². The van der Waals surface area contributed by atoms with Crippen LogP contribution in [-0.4, -0.2) is 68.5 Å². The Morgan fingerprint density at radius 2 is 1.83 bits per heavy atom. The van der Waals surface area contributed by atoms with Crippen LogP contribution in [0.15, 0.2) is 48.5 Å². The van der Waals surface area contributed by atoms with E-state index in [-0.39, 0.29) is 17.6 Å². The molecule has 1 fully saturated rings. The van der Waals surface area contributed by atoms with Crippen LogP contribution in [0.3, 0.4) is 0 Å². The molecule has 0 spiro atoms. The van der Waals surface area contributed by atoms with Gasteiger partial charge in [-0.15, -0.1) is 0 Å². The lowest BCUT2D eigenvalue weighted by Crippen LogP contribution is -2.46. The third kappa shape index (κ3) is 8.05. The average molecular weight is 540 g/mol. The molecule has 35 heavy (non-hydrogen) atoms. The maximum absolute atomic E-state index is 12.4. The molecular weight excluding hydrogens is 507 g/mol. The monoisotopic (exact) mass is 538 g/mol. The number of carbonyl (C=O) groups is 1. The van der Waals surface area contributed by atoms with Crippen molar-refractivity contribution in [2.24, 2.45) is 0 Å². The molecule has 3 rings (SSSR count). The summed E-state index contributed by atoms with van der Waals surface area (Å²) in [5.74, 6) is 0.741. The van der Waals surface area contributed by atoms with Crippen LogP contribution in [0, 0.1) is 0 Å². The zero-order valence-corrected chi connectivity index (χ0v) is 22.5. The Balaban J connectivity index is 1.39. The van der Waals surface area contributed by atoms with Crippen LogP contribution in [0.1, 0.15) is 42.1 Å². The predicted molar refractivity (Wildman–Crippen MR) is 143 cm³/mol. The van der Waals surface area contributed by atoms with Gasteiger partial charge in [-0.1, -0.05) is 29.3 Å². The van der Waals surface area contributed by atoms with E-state index >= 15 is 0 Å². The lowest BCUT2D eigenvalue weighted by atomic mass is 10.1. The molecule has 0 atom stereocenters. The molecule has 1 aliphatic heterocycles. The van der Waals surface area contributed by atoms with Crippen LogP contribution in [-0.2, 0) is 10.0 Å². The van der Waals surface area contributed by atoms with Crippen molar-refractivity contribution in [3.63, 3.8) is 0 Å². The molecule has 0 saturated carbocycles. The van der Waals surface area contributed by atoms with Gasteiger partial charge in [-0.2, -0.15) is 0 Å². The van der Waals surface area contributed by atoms with Crippen LogP contribution >= 0.6 is 23.2 Å². The maximum Gasteiger partial charge on any atom is 0.213 e. The molecule has 0 bridgehead atoms. The Labute approximate surface area is 218 Å². The summed E-state index contributed by atoms with van der Waals surface area (Å²) in [6.07, 6.45) is 5.74. The zero-order chi connectivity index (χ0) is 25.4. The van der Waals surface area contributed by atoms with Crippen LogP contribution in [0.2, 0.25) is 10.0 Å². The number of halogens is 2. The number of piperidine rings is 1. The Morgan fingerprint density at radius 1 is 1.14 bits per heavy atom. The van der Waals surface area contributed by atoms with Crippen molar-refractivity contribution < 1.29 is 17.9 Å². The lowest BCUT2D eigenvalue weighted by Gasteiger charge is -2.36. The second kappa shape index (κ2) is 12.9. The van der Waals surface area contributed by atoms with Gasteiger partial charge in [0.1, 0.15) is 5.75 Å². The number of allylic oxidation sites excluding steroid dienone is 1. The summed E-state index contributed by atoms with van der Waals surface area (Å²) >= 11 is 12.0. The summed E-state index contributed by atoms with van der Waals surface area (Å²) in [4.78, 5) is 14.8. The number of carbonyl (C=O) groups excluding carboxylic acids is 1. The number of rotatable bonds is 11. The highest BCUT2D eigenvalue weighted by molar-refractivity contribution is 7.89. The summed E-state index contributed by atoms with van der Waals surface area (Å²) in [6, 6.07) is 12.3. The highest BCUT2D eigenvalue weighted by atomic mass is 35.5. The molecule has 0 radical (unpaired) electrons. The molecule has 2 aromatic carbocycles. The first kappa shape index (κ1) is 27.7. The van der Waals surface area contributed by atoms with Gasteiger partial charge in [0.25, 0.3) is 0 Å². The summed E-state index contributed by atoms with van der Waals surface area (Å²) in [7, 11) is -1.44. The van der Waals surface area contributed by atoms with Crippen molar-refractivity contribution >= 4 is 45.1 Å². The normalized spacial score (nSPS) is 15.7. The second-order valence-corrected chi connectivity index (χ2v) is 11.7. The van der Waals surface area contributed by atoms with E-state index in [4.69, 9.17) is 27.9 Å². The topological polar surface area (TPSA) is 66.9 Å². The number of hydrogen-bond acceptors (Lipinski definition) is 5. The van der Waals surface area contributed by atoms with E-state index in [9.17, 15) is 13.2 Å². The fraction of sp³-hybridized carbons (Fsp3) is 0.423. The molecule has 1 heterocycles. The van der Waals surface area contributed by atoms with E-state index in [0.717, 1.165) is 50.2 Å². The molecule has 0 amide bonds. The summed E-state index contributed by atoms with van der Waals surface area (Å²) in [6.45, 7) is 4.94. The quantitative estimate of drug-likeness (QED) is 0.217. The lowest BCUT2D eigenvalue weighted by molar-refractivity contribution is 0.104. The Morgan fingerprint density at radius 3 is 2.46 bits per heavy atom. The first-order valence-electron chi connectivity index (χ1n) is 11.8. The maximum atomic E-state index is 12.4. The number of nitrogens with zero attached hydrogens (tertiary/aromatic N) is 2. The van der Waals surface area contributed by atoms with Gasteiger partial charge >= 0.3 is 0 Å². The molecule has 190 valence electrons. The molecular formula is C26H32Cl2N2O4S. The molecule has 0 unspecified atom stereocenters. The number of likely N-dealkylation sites (tertiary alicyclic amines) is 1. The molecule has 1 saturated heterocycles.